The van der Waals surface area contributed by atoms with E-state index in [4.69, 9.17) is 0 Å². The van der Waals surface area contributed by atoms with E-state index >= 15 is 0 Å². The fraction of sp³-hybridized carbons (Fsp3) is 0.917. The van der Waals surface area contributed by atoms with Gasteiger partial charge < -0.3 is 16.0 Å². The molecule has 17 heavy (non-hydrogen) atoms. The maximum atomic E-state index is 11.8. The van der Waals surface area contributed by atoms with Gasteiger partial charge in [-0.1, -0.05) is 6.42 Å². The van der Waals surface area contributed by atoms with Crippen molar-refractivity contribution in [1.82, 2.24) is 16.0 Å². The second-order valence-electron chi connectivity index (χ2n) is 4.93. The zero-order chi connectivity index (χ0) is 11.9. The first kappa shape index (κ1) is 13.0. The molecule has 0 saturated carbocycles. The van der Waals surface area contributed by atoms with Crippen molar-refractivity contribution in [3.05, 3.63) is 0 Å². The van der Waals surface area contributed by atoms with E-state index in [1.54, 1.807) is 0 Å². The minimum Gasteiger partial charge on any atom is -0.335 e. The first-order valence-corrected chi connectivity index (χ1v) is 7.85. The van der Waals surface area contributed by atoms with E-state index in [0.717, 1.165) is 31.7 Å². The van der Waals surface area contributed by atoms with Crippen molar-refractivity contribution >= 4 is 17.8 Å². The third-order valence-corrected chi connectivity index (χ3v) is 4.59. The zero-order valence-electron chi connectivity index (χ0n) is 10.3. The molecule has 0 bridgehead atoms. The Morgan fingerprint density at radius 3 is 2.76 bits per heavy atom. The van der Waals surface area contributed by atoms with Crippen molar-refractivity contribution in [2.24, 2.45) is 0 Å². The van der Waals surface area contributed by atoms with Crippen molar-refractivity contribution in [1.29, 1.82) is 0 Å². The Labute approximate surface area is 108 Å². The summed E-state index contributed by atoms with van der Waals surface area (Å²) in [4.78, 5) is 11.8. The number of carbonyl (C=O) groups is 1. The number of hydrogen-bond donors (Lipinski definition) is 3. The molecular formula is C12H23N3OS. The molecule has 4 nitrogen and oxygen atoms in total. The van der Waals surface area contributed by atoms with Gasteiger partial charge >= 0.3 is 6.03 Å². The van der Waals surface area contributed by atoms with Gasteiger partial charge in [0.1, 0.15) is 0 Å². The molecule has 2 saturated heterocycles. The molecule has 5 heteroatoms. The summed E-state index contributed by atoms with van der Waals surface area (Å²) in [5.74, 6) is 2.31. The van der Waals surface area contributed by atoms with Crippen LogP contribution in [0, 0.1) is 0 Å². The maximum absolute atomic E-state index is 11.8. The lowest BCUT2D eigenvalue weighted by atomic mass is 10.1. The lowest BCUT2D eigenvalue weighted by molar-refractivity contribution is 0.232. The van der Waals surface area contributed by atoms with Crippen LogP contribution in [0.4, 0.5) is 4.79 Å². The van der Waals surface area contributed by atoms with Crippen molar-refractivity contribution in [3.8, 4) is 0 Å². The molecule has 0 radical (unpaired) electrons. The normalized spacial score (nSPS) is 30.4. The molecule has 0 aliphatic carbocycles. The van der Waals surface area contributed by atoms with Gasteiger partial charge in [0.2, 0.25) is 0 Å². The van der Waals surface area contributed by atoms with Gasteiger partial charge in [-0.3, -0.25) is 0 Å². The van der Waals surface area contributed by atoms with E-state index in [9.17, 15) is 4.79 Å². The summed E-state index contributed by atoms with van der Waals surface area (Å²) in [5, 5.41) is 9.53. The highest BCUT2D eigenvalue weighted by atomic mass is 32.2. The van der Waals surface area contributed by atoms with E-state index in [1.807, 2.05) is 11.8 Å². The smallest absolute Gasteiger partial charge is 0.315 e. The Hall–Kier alpha value is -0.420. The Kier molecular flexibility index (Phi) is 5.45. The van der Waals surface area contributed by atoms with Crippen LogP contribution in [-0.2, 0) is 0 Å². The van der Waals surface area contributed by atoms with E-state index in [0.29, 0.717) is 12.1 Å². The largest absolute Gasteiger partial charge is 0.335 e. The summed E-state index contributed by atoms with van der Waals surface area (Å²) in [6.45, 7) is 1.99. The van der Waals surface area contributed by atoms with Crippen LogP contribution in [-0.4, -0.2) is 42.7 Å². The number of amides is 2. The standard InChI is InChI=1S/C12H23N3OS/c16-12(15-11-5-3-7-17-9-11)14-10-4-1-2-6-13-8-10/h10-11,13H,1-9H2,(H2,14,15,16). The minimum atomic E-state index is 0.0196. The average molecular weight is 257 g/mol. The molecule has 2 amide bonds. The number of hydrogen-bond acceptors (Lipinski definition) is 3. The second kappa shape index (κ2) is 7.11. The maximum Gasteiger partial charge on any atom is 0.315 e. The molecule has 0 aromatic carbocycles. The van der Waals surface area contributed by atoms with Crippen molar-refractivity contribution in [2.45, 2.75) is 44.2 Å². The highest BCUT2D eigenvalue weighted by Gasteiger charge is 2.18. The highest BCUT2D eigenvalue weighted by molar-refractivity contribution is 7.99. The zero-order valence-corrected chi connectivity index (χ0v) is 11.2. The van der Waals surface area contributed by atoms with Crippen LogP contribution < -0.4 is 16.0 Å². The first-order valence-electron chi connectivity index (χ1n) is 6.70. The van der Waals surface area contributed by atoms with Crippen molar-refractivity contribution in [3.63, 3.8) is 0 Å². The van der Waals surface area contributed by atoms with Crippen LogP contribution >= 0.6 is 11.8 Å². The lowest BCUT2D eigenvalue weighted by Crippen LogP contribution is -2.49. The fourth-order valence-corrected chi connectivity index (χ4v) is 3.48. The Balaban J connectivity index is 1.68. The topological polar surface area (TPSA) is 53.2 Å². The summed E-state index contributed by atoms with van der Waals surface area (Å²) < 4.78 is 0. The van der Waals surface area contributed by atoms with Crippen LogP contribution in [0.15, 0.2) is 0 Å². The minimum absolute atomic E-state index is 0.0196. The lowest BCUT2D eigenvalue weighted by Gasteiger charge is -2.24. The van der Waals surface area contributed by atoms with Gasteiger partial charge in [0.15, 0.2) is 0 Å². The Bertz CT molecular complexity index is 236. The van der Waals surface area contributed by atoms with Gasteiger partial charge in [-0.15, -0.1) is 0 Å². The third-order valence-electron chi connectivity index (χ3n) is 3.38. The van der Waals surface area contributed by atoms with Crippen molar-refractivity contribution < 1.29 is 4.79 Å². The van der Waals surface area contributed by atoms with Crippen molar-refractivity contribution in [2.75, 3.05) is 24.6 Å². The van der Waals surface area contributed by atoms with Gasteiger partial charge in [-0.2, -0.15) is 11.8 Å². The molecule has 0 spiro atoms. The molecule has 2 atom stereocenters. The average Bonchev–Trinajstić information content (AvgIpc) is 2.59. The summed E-state index contributed by atoms with van der Waals surface area (Å²) in [5.41, 5.74) is 0. The van der Waals surface area contributed by atoms with Gasteiger partial charge in [-0.05, 0) is 38.0 Å². The van der Waals surface area contributed by atoms with Gasteiger partial charge in [-0.25, -0.2) is 4.79 Å². The predicted molar refractivity (Wildman–Crippen MR) is 72.5 cm³/mol. The fourth-order valence-electron chi connectivity index (χ4n) is 2.41. The van der Waals surface area contributed by atoms with Gasteiger partial charge in [0.25, 0.3) is 0 Å². The number of rotatable bonds is 2. The van der Waals surface area contributed by atoms with Crippen LogP contribution in [0.2, 0.25) is 0 Å². The van der Waals surface area contributed by atoms with Crippen LogP contribution in [0.5, 0.6) is 0 Å². The second-order valence-corrected chi connectivity index (χ2v) is 6.08. The molecule has 3 N–H and O–H groups in total. The number of thioether (sulfide) groups is 1. The molecule has 98 valence electrons. The monoisotopic (exact) mass is 257 g/mol. The number of urea groups is 1. The van der Waals surface area contributed by atoms with Crippen LogP contribution in [0.25, 0.3) is 0 Å². The SMILES string of the molecule is O=C(NC1CCCCNC1)NC1CCCSC1. The molecule has 2 aliphatic heterocycles. The Morgan fingerprint density at radius 1 is 1.12 bits per heavy atom. The summed E-state index contributed by atoms with van der Waals surface area (Å²) >= 11 is 1.94. The predicted octanol–water partition coefficient (Wildman–Crippen LogP) is 1.32. The number of carbonyl (C=O) groups excluding carboxylic acids is 1. The summed E-state index contributed by atoms with van der Waals surface area (Å²) in [7, 11) is 0. The van der Waals surface area contributed by atoms with Crippen LogP contribution in [0.3, 0.4) is 0 Å². The van der Waals surface area contributed by atoms with Gasteiger partial charge in [0, 0.05) is 24.4 Å². The molecule has 0 aromatic rings. The number of nitrogens with one attached hydrogen (secondary N) is 3. The summed E-state index contributed by atoms with van der Waals surface area (Å²) in [6.07, 6.45) is 5.88. The van der Waals surface area contributed by atoms with E-state index in [2.05, 4.69) is 16.0 Å². The van der Waals surface area contributed by atoms with E-state index in [1.165, 1.54) is 25.0 Å². The van der Waals surface area contributed by atoms with E-state index < -0.39 is 0 Å². The van der Waals surface area contributed by atoms with Gasteiger partial charge in [0.05, 0.1) is 0 Å². The molecular weight excluding hydrogens is 234 g/mol. The molecule has 2 unspecified atom stereocenters. The first-order chi connectivity index (χ1) is 8.34. The molecule has 2 fully saturated rings. The quantitative estimate of drug-likeness (QED) is 0.699. The molecule has 2 aliphatic rings. The third kappa shape index (κ3) is 4.76. The molecule has 2 heterocycles. The van der Waals surface area contributed by atoms with Crippen LogP contribution in [0.1, 0.15) is 32.1 Å². The molecule has 0 aromatic heterocycles. The van der Waals surface area contributed by atoms with E-state index in [-0.39, 0.29) is 6.03 Å². The molecule has 2 rings (SSSR count). The Morgan fingerprint density at radius 2 is 1.94 bits per heavy atom. The highest BCUT2D eigenvalue weighted by Crippen LogP contribution is 2.16. The summed E-state index contributed by atoms with van der Waals surface area (Å²) in [6, 6.07) is 0.687.